The van der Waals surface area contributed by atoms with E-state index in [1.54, 1.807) is 10.9 Å². The summed E-state index contributed by atoms with van der Waals surface area (Å²) in [4.78, 5) is 11.7. The lowest BCUT2D eigenvalue weighted by molar-refractivity contribution is -0.121. The summed E-state index contributed by atoms with van der Waals surface area (Å²) >= 11 is 5.82. The summed E-state index contributed by atoms with van der Waals surface area (Å²) in [6.45, 7) is 2.60. The molecule has 0 atom stereocenters. The molecule has 0 saturated carbocycles. The molecule has 122 valence electrons. The number of benzene rings is 1. The molecule has 6 nitrogen and oxygen atoms in total. The topological polar surface area (TPSA) is 71.3 Å². The molecular weight excluding hydrogens is 314 g/mol. The SMILES string of the molecule is Cc1nn(C)cc1/C=N\NC(=O)CCCNc1ccc(Cl)cc1. The third-order valence-corrected chi connectivity index (χ3v) is 3.45. The predicted molar refractivity (Wildman–Crippen MR) is 92.9 cm³/mol. The summed E-state index contributed by atoms with van der Waals surface area (Å²) in [5.41, 5.74) is 5.27. The second-order valence-electron chi connectivity index (χ2n) is 5.17. The van der Waals surface area contributed by atoms with Gasteiger partial charge in [0.2, 0.25) is 5.91 Å². The van der Waals surface area contributed by atoms with Crippen molar-refractivity contribution in [3.63, 3.8) is 0 Å². The third kappa shape index (κ3) is 5.75. The molecule has 1 aromatic carbocycles. The fourth-order valence-electron chi connectivity index (χ4n) is 2.02. The highest BCUT2D eigenvalue weighted by Crippen LogP contribution is 2.13. The van der Waals surface area contributed by atoms with Gasteiger partial charge in [-0.05, 0) is 37.6 Å². The highest BCUT2D eigenvalue weighted by atomic mass is 35.5. The zero-order valence-electron chi connectivity index (χ0n) is 13.2. The minimum absolute atomic E-state index is 0.110. The van der Waals surface area contributed by atoms with Crippen LogP contribution in [0.25, 0.3) is 0 Å². The summed E-state index contributed by atoms with van der Waals surface area (Å²) in [6.07, 6.45) is 4.58. The lowest BCUT2D eigenvalue weighted by atomic mass is 10.2. The molecule has 2 rings (SSSR count). The first kappa shape index (κ1) is 17.0. The van der Waals surface area contributed by atoms with Crippen molar-refractivity contribution in [3.8, 4) is 0 Å². The molecule has 0 spiro atoms. The van der Waals surface area contributed by atoms with Crippen molar-refractivity contribution < 1.29 is 4.79 Å². The Kier molecular flexibility index (Phi) is 6.17. The van der Waals surface area contributed by atoms with E-state index in [1.165, 1.54) is 0 Å². The molecule has 1 aromatic heterocycles. The average Bonchev–Trinajstić information content (AvgIpc) is 2.83. The molecule has 23 heavy (non-hydrogen) atoms. The molecular formula is C16H20ClN5O. The summed E-state index contributed by atoms with van der Waals surface area (Å²) in [6, 6.07) is 7.46. The Hall–Kier alpha value is -2.34. The largest absolute Gasteiger partial charge is 0.385 e. The molecule has 0 saturated heterocycles. The number of amides is 1. The van der Waals surface area contributed by atoms with Crippen LogP contribution in [0, 0.1) is 6.92 Å². The monoisotopic (exact) mass is 333 g/mol. The van der Waals surface area contributed by atoms with Crippen molar-refractivity contribution in [2.75, 3.05) is 11.9 Å². The Morgan fingerprint density at radius 1 is 1.39 bits per heavy atom. The number of carbonyl (C=O) groups is 1. The number of rotatable bonds is 7. The van der Waals surface area contributed by atoms with Gasteiger partial charge in [-0.2, -0.15) is 10.2 Å². The fraction of sp³-hybridized carbons (Fsp3) is 0.312. The fourth-order valence-corrected chi connectivity index (χ4v) is 2.15. The normalized spacial score (nSPS) is 10.9. The molecule has 0 aliphatic carbocycles. The molecule has 7 heteroatoms. The Morgan fingerprint density at radius 3 is 2.78 bits per heavy atom. The highest BCUT2D eigenvalue weighted by molar-refractivity contribution is 6.30. The van der Waals surface area contributed by atoms with Crippen LogP contribution in [0.15, 0.2) is 35.6 Å². The zero-order valence-corrected chi connectivity index (χ0v) is 14.0. The van der Waals surface area contributed by atoms with E-state index in [9.17, 15) is 4.79 Å². The highest BCUT2D eigenvalue weighted by Gasteiger charge is 2.01. The van der Waals surface area contributed by atoms with Crippen molar-refractivity contribution in [1.29, 1.82) is 0 Å². The second kappa shape index (κ2) is 8.33. The number of halogens is 1. The Labute approximate surface area is 140 Å². The summed E-state index contributed by atoms with van der Waals surface area (Å²) in [5.74, 6) is -0.110. The summed E-state index contributed by atoms with van der Waals surface area (Å²) in [5, 5.41) is 12.1. The van der Waals surface area contributed by atoms with Gasteiger partial charge in [0.15, 0.2) is 0 Å². The van der Waals surface area contributed by atoms with Crippen LogP contribution < -0.4 is 10.7 Å². The minimum atomic E-state index is -0.110. The number of hydrogen-bond donors (Lipinski definition) is 2. The molecule has 0 fully saturated rings. The number of anilines is 1. The van der Waals surface area contributed by atoms with Crippen molar-refractivity contribution in [1.82, 2.24) is 15.2 Å². The van der Waals surface area contributed by atoms with Crippen LogP contribution >= 0.6 is 11.6 Å². The van der Waals surface area contributed by atoms with Gasteiger partial charge in [-0.25, -0.2) is 5.43 Å². The first-order valence-corrected chi connectivity index (χ1v) is 7.74. The number of aryl methyl sites for hydroxylation is 2. The molecule has 2 aromatic rings. The van der Waals surface area contributed by atoms with Crippen molar-refractivity contribution in [2.45, 2.75) is 19.8 Å². The number of aromatic nitrogens is 2. The van der Waals surface area contributed by atoms with Gasteiger partial charge >= 0.3 is 0 Å². The molecule has 2 N–H and O–H groups in total. The second-order valence-corrected chi connectivity index (χ2v) is 5.61. The van der Waals surface area contributed by atoms with Gasteiger partial charge in [0.25, 0.3) is 0 Å². The smallest absolute Gasteiger partial charge is 0.240 e. The van der Waals surface area contributed by atoms with E-state index < -0.39 is 0 Å². The standard InChI is InChI=1S/C16H20ClN5O/c1-12-13(11-22(2)21-12)10-19-20-16(23)4-3-9-18-15-7-5-14(17)6-8-15/h5-8,10-11,18H,3-4,9H2,1-2H3,(H,20,23)/b19-10-. The zero-order chi connectivity index (χ0) is 16.7. The Morgan fingerprint density at radius 2 is 2.13 bits per heavy atom. The van der Waals surface area contributed by atoms with Gasteiger partial charge < -0.3 is 5.32 Å². The maximum atomic E-state index is 11.7. The molecule has 0 bridgehead atoms. The van der Waals surface area contributed by atoms with E-state index in [1.807, 2.05) is 44.4 Å². The average molecular weight is 334 g/mol. The van der Waals surface area contributed by atoms with Crippen LogP contribution in [0.2, 0.25) is 5.02 Å². The maximum absolute atomic E-state index is 11.7. The first-order chi connectivity index (χ1) is 11.0. The molecule has 0 aliphatic rings. The van der Waals surface area contributed by atoms with Crippen molar-refractivity contribution >= 4 is 29.4 Å². The van der Waals surface area contributed by atoms with Crippen LogP contribution in [0.3, 0.4) is 0 Å². The van der Waals surface area contributed by atoms with Gasteiger partial charge in [-0.3, -0.25) is 9.48 Å². The summed E-state index contributed by atoms with van der Waals surface area (Å²) in [7, 11) is 1.84. The Balaban J connectivity index is 1.65. The van der Waals surface area contributed by atoms with Gasteiger partial charge in [-0.15, -0.1) is 0 Å². The number of hydrazone groups is 1. The number of hydrogen-bond acceptors (Lipinski definition) is 4. The lowest BCUT2D eigenvalue weighted by Gasteiger charge is -2.05. The van der Waals surface area contributed by atoms with Crippen LogP contribution in [0.4, 0.5) is 5.69 Å². The molecule has 0 aliphatic heterocycles. The van der Waals surface area contributed by atoms with E-state index in [4.69, 9.17) is 11.6 Å². The summed E-state index contributed by atoms with van der Waals surface area (Å²) < 4.78 is 1.71. The van der Waals surface area contributed by atoms with Crippen LogP contribution in [-0.2, 0) is 11.8 Å². The molecule has 1 amide bonds. The maximum Gasteiger partial charge on any atom is 0.240 e. The van der Waals surface area contributed by atoms with Gasteiger partial charge in [-0.1, -0.05) is 11.6 Å². The van der Waals surface area contributed by atoms with Gasteiger partial charge in [0.1, 0.15) is 0 Å². The first-order valence-electron chi connectivity index (χ1n) is 7.36. The quantitative estimate of drug-likeness (QED) is 0.465. The van der Waals surface area contributed by atoms with E-state index in [2.05, 4.69) is 20.9 Å². The lowest BCUT2D eigenvalue weighted by Crippen LogP contribution is -2.18. The van der Waals surface area contributed by atoms with Crippen molar-refractivity contribution in [3.05, 3.63) is 46.7 Å². The number of nitrogens with zero attached hydrogens (tertiary/aromatic N) is 3. The van der Waals surface area contributed by atoms with E-state index in [-0.39, 0.29) is 5.91 Å². The molecule has 1 heterocycles. The Bertz CT molecular complexity index is 678. The van der Waals surface area contributed by atoms with E-state index >= 15 is 0 Å². The van der Waals surface area contributed by atoms with Crippen LogP contribution in [0.5, 0.6) is 0 Å². The molecule has 0 unspecified atom stereocenters. The molecule has 0 radical (unpaired) electrons. The van der Waals surface area contributed by atoms with Crippen molar-refractivity contribution in [2.24, 2.45) is 12.1 Å². The van der Waals surface area contributed by atoms with E-state index in [0.29, 0.717) is 18.0 Å². The number of carbonyl (C=O) groups excluding carboxylic acids is 1. The predicted octanol–water partition coefficient (Wildman–Crippen LogP) is 2.72. The third-order valence-electron chi connectivity index (χ3n) is 3.20. The van der Waals surface area contributed by atoms with Crippen LogP contribution in [-0.4, -0.2) is 28.4 Å². The van der Waals surface area contributed by atoms with Crippen LogP contribution in [0.1, 0.15) is 24.1 Å². The van der Waals surface area contributed by atoms with Gasteiger partial charge in [0.05, 0.1) is 11.9 Å². The minimum Gasteiger partial charge on any atom is -0.385 e. The number of nitrogens with one attached hydrogen (secondary N) is 2. The van der Waals surface area contributed by atoms with Gasteiger partial charge in [0, 0.05) is 42.5 Å². The van der Waals surface area contributed by atoms with E-state index in [0.717, 1.165) is 23.4 Å².